The average molecular weight is 322 g/mol. The summed E-state index contributed by atoms with van der Waals surface area (Å²) in [6.07, 6.45) is 1.78. The van der Waals surface area contributed by atoms with Gasteiger partial charge < -0.3 is 4.90 Å². The Kier molecular flexibility index (Phi) is 3.82. The van der Waals surface area contributed by atoms with Gasteiger partial charge in [-0.2, -0.15) is 8.42 Å². The molecule has 5 nitrogen and oxygen atoms in total. The van der Waals surface area contributed by atoms with Crippen LogP contribution in [0.2, 0.25) is 0 Å². The van der Waals surface area contributed by atoms with Crippen molar-refractivity contribution in [3.63, 3.8) is 0 Å². The number of carbonyl (C=O) groups is 1. The van der Waals surface area contributed by atoms with Crippen molar-refractivity contribution in [2.75, 3.05) is 12.3 Å². The summed E-state index contributed by atoms with van der Waals surface area (Å²) in [5.74, 6) is -1.20. The smallest absolute Gasteiger partial charge is 0.302 e. The van der Waals surface area contributed by atoms with Gasteiger partial charge in [-0.1, -0.05) is 18.2 Å². The Balaban J connectivity index is 1.73. The molecule has 1 aliphatic rings. The molecule has 0 spiro atoms. The zero-order chi connectivity index (χ0) is 15.7. The lowest BCUT2D eigenvalue weighted by atomic mass is 10.1. The zero-order valence-corrected chi connectivity index (χ0v) is 12.6. The van der Waals surface area contributed by atoms with Crippen LogP contribution >= 0.6 is 0 Å². The molecule has 1 atom stereocenters. The van der Waals surface area contributed by atoms with E-state index in [0.29, 0.717) is 6.54 Å². The van der Waals surface area contributed by atoms with Gasteiger partial charge in [0.15, 0.2) is 0 Å². The molecule has 22 heavy (non-hydrogen) atoms. The minimum atomic E-state index is -4.54. The van der Waals surface area contributed by atoms with Gasteiger partial charge in [-0.05, 0) is 17.7 Å². The number of likely N-dealkylation sites (tertiary alicyclic amines) is 1. The van der Waals surface area contributed by atoms with Crippen molar-refractivity contribution in [1.82, 2.24) is 9.88 Å². The van der Waals surface area contributed by atoms with Crippen molar-refractivity contribution in [1.29, 1.82) is 0 Å². The van der Waals surface area contributed by atoms with Crippen LogP contribution in [0, 0.1) is 5.92 Å². The van der Waals surface area contributed by atoms with Crippen molar-refractivity contribution in [3.05, 3.63) is 42.1 Å². The monoisotopic (exact) mass is 322 g/mol. The summed E-state index contributed by atoms with van der Waals surface area (Å²) in [6.45, 7) is 0.649. The van der Waals surface area contributed by atoms with Crippen molar-refractivity contribution in [2.45, 2.75) is 13.0 Å². The zero-order valence-electron chi connectivity index (χ0n) is 11.8. The van der Waals surface area contributed by atoms with Gasteiger partial charge in [0.1, 0.15) is 0 Å². The SMILES string of the molecule is O=C1CC(CS(=O)(=O)F)CN1Cc1ccc2cccnc2c1. The Morgan fingerprint density at radius 1 is 1.32 bits per heavy atom. The number of carbonyl (C=O) groups excluding carboxylic acids is 1. The molecular formula is C15H15FN2O3S. The number of nitrogens with zero attached hydrogens (tertiary/aromatic N) is 2. The number of fused-ring (bicyclic) bond motifs is 1. The third-order valence-corrected chi connectivity index (χ3v) is 4.64. The largest absolute Gasteiger partial charge is 0.338 e. The van der Waals surface area contributed by atoms with Gasteiger partial charge in [0, 0.05) is 37.0 Å². The molecule has 116 valence electrons. The predicted octanol–water partition coefficient (Wildman–Crippen LogP) is 1.88. The summed E-state index contributed by atoms with van der Waals surface area (Å²) in [6, 6.07) is 9.56. The van der Waals surface area contributed by atoms with E-state index in [2.05, 4.69) is 4.98 Å². The molecule has 0 aliphatic carbocycles. The molecule has 3 rings (SSSR count). The van der Waals surface area contributed by atoms with Gasteiger partial charge in [-0.3, -0.25) is 9.78 Å². The molecule has 1 aromatic carbocycles. The highest BCUT2D eigenvalue weighted by Crippen LogP contribution is 2.23. The Labute approximate surface area is 128 Å². The number of benzene rings is 1. The molecule has 1 aliphatic heterocycles. The highest BCUT2D eigenvalue weighted by molar-refractivity contribution is 7.86. The molecule has 7 heteroatoms. The van der Waals surface area contributed by atoms with Crippen molar-refractivity contribution < 1.29 is 17.1 Å². The van der Waals surface area contributed by atoms with E-state index in [1.807, 2.05) is 30.3 Å². The molecular weight excluding hydrogens is 307 g/mol. The van der Waals surface area contributed by atoms with E-state index >= 15 is 0 Å². The van der Waals surface area contributed by atoms with E-state index in [0.717, 1.165) is 16.5 Å². The van der Waals surface area contributed by atoms with Crippen LogP contribution in [0.25, 0.3) is 10.9 Å². The standard InChI is InChI=1S/C15H15FN2O3S/c16-22(20,21)10-12-7-15(19)18(9-12)8-11-3-4-13-2-1-5-17-14(13)6-11/h1-6,12H,7-10H2. The number of aromatic nitrogens is 1. The molecule has 1 saturated heterocycles. The van der Waals surface area contributed by atoms with Gasteiger partial charge in [-0.15, -0.1) is 3.89 Å². The summed E-state index contributed by atoms with van der Waals surface area (Å²) in [5, 5.41) is 1.01. The second kappa shape index (κ2) is 5.64. The fourth-order valence-corrected chi connectivity index (χ4v) is 3.62. The highest BCUT2D eigenvalue weighted by Gasteiger charge is 2.32. The maximum absolute atomic E-state index is 12.7. The minimum Gasteiger partial charge on any atom is -0.338 e. The van der Waals surface area contributed by atoms with Crippen molar-refractivity contribution >= 4 is 27.0 Å². The van der Waals surface area contributed by atoms with E-state index < -0.39 is 21.9 Å². The van der Waals surface area contributed by atoms with E-state index in [4.69, 9.17) is 0 Å². The fourth-order valence-electron chi connectivity index (χ4n) is 2.83. The topological polar surface area (TPSA) is 67.3 Å². The Morgan fingerprint density at radius 3 is 2.91 bits per heavy atom. The number of amides is 1. The van der Waals surface area contributed by atoms with Gasteiger partial charge >= 0.3 is 10.2 Å². The Hall–Kier alpha value is -2.02. The summed E-state index contributed by atoms with van der Waals surface area (Å²) in [5.41, 5.74) is 1.76. The second-order valence-corrected chi connectivity index (χ2v) is 6.99. The molecule has 0 N–H and O–H groups in total. The fraction of sp³-hybridized carbons (Fsp3) is 0.333. The molecule has 2 aromatic rings. The van der Waals surface area contributed by atoms with Gasteiger partial charge in [0.25, 0.3) is 0 Å². The van der Waals surface area contributed by atoms with Gasteiger partial charge in [0.05, 0.1) is 11.3 Å². The van der Waals surface area contributed by atoms with Crippen LogP contribution in [-0.2, 0) is 21.6 Å². The molecule has 0 radical (unpaired) electrons. The lowest BCUT2D eigenvalue weighted by Crippen LogP contribution is -2.25. The van der Waals surface area contributed by atoms with Crippen LogP contribution in [-0.4, -0.2) is 36.5 Å². The average Bonchev–Trinajstić information content (AvgIpc) is 2.76. The number of hydrogen-bond acceptors (Lipinski definition) is 4. The number of pyridine rings is 1. The van der Waals surface area contributed by atoms with Crippen LogP contribution in [0.15, 0.2) is 36.5 Å². The summed E-state index contributed by atoms with van der Waals surface area (Å²) in [7, 11) is -4.54. The summed E-state index contributed by atoms with van der Waals surface area (Å²) in [4.78, 5) is 17.8. The first-order chi connectivity index (χ1) is 10.4. The second-order valence-electron chi connectivity index (χ2n) is 5.58. The van der Waals surface area contributed by atoms with Gasteiger partial charge in [-0.25, -0.2) is 0 Å². The number of halogens is 1. The lowest BCUT2D eigenvalue weighted by Gasteiger charge is -2.16. The van der Waals surface area contributed by atoms with Crippen LogP contribution in [0.5, 0.6) is 0 Å². The first kappa shape index (κ1) is 14.9. The van der Waals surface area contributed by atoms with Crippen LogP contribution in [0.3, 0.4) is 0 Å². The Morgan fingerprint density at radius 2 is 2.14 bits per heavy atom. The van der Waals surface area contributed by atoms with Gasteiger partial charge in [0.2, 0.25) is 5.91 Å². The maximum Gasteiger partial charge on any atom is 0.302 e. The van der Waals surface area contributed by atoms with E-state index in [9.17, 15) is 17.1 Å². The molecule has 1 amide bonds. The molecule has 0 saturated carbocycles. The predicted molar refractivity (Wildman–Crippen MR) is 80.2 cm³/mol. The number of hydrogen-bond donors (Lipinski definition) is 0. The first-order valence-corrected chi connectivity index (χ1v) is 8.50. The van der Waals surface area contributed by atoms with E-state index in [1.165, 1.54) is 0 Å². The van der Waals surface area contributed by atoms with E-state index in [1.54, 1.807) is 11.1 Å². The Bertz CT molecular complexity index is 822. The highest BCUT2D eigenvalue weighted by atomic mass is 32.3. The minimum absolute atomic E-state index is 0.0784. The normalized spacial score (nSPS) is 19.0. The van der Waals surface area contributed by atoms with Crippen molar-refractivity contribution in [3.8, 4) is 0 Å². The van der Waals surface area contributed by atoms with Crippen LogP contribution in [0.4, 0.5) is 3.89 Å². The lowest BCUT2D eigenvalue weighted by molar-refractivity contribution is -0.128. The van der Waals surface area contributed by atoms with E-state index in [-0.39, 0.29) is 18.9 Å². The third-order valence-electron chi connectivity index (χ3n) is 3.77. The molecule has 0 bridgehead atoms. The van der Waals surface area contributed by atoms with Crippen molar-refractivity contribution in [2.24, 2.45) is 5.92 Å². The first-order valence-electron chi connectivity index (χ1n) is 6.94. The molecule has 1 aromatic heterocycles. The quantitative estimate of drug-likeness (QED) is 0.806. The summed E-state index contributed by atoms with van der Waals surface area (Å²) < 4.78 is 34.1. The third kappa shape index (κ3) is 3.41. The summed E-state index contributed by atoms with van der Waals surface area (Å²) >= 11 is 0. The number of rotatable bonds is 4. The molecule has 1 fully saturated rings. The molecule has 1 unspecified atom stereocenters. The van der Waals surface area contributed by atoms with Crippen LogP contribution < -0.4 is 0 Å². The van der Waals surface area contributed by atoms with Crippen LogP contribution in [0.1, 0.15) is 12.0 Å². The maximum atomic E-state index is 12.7. The molecule has 2 heterocycles.